The normalized spacial score (nSPS) is 16.9. The van der Waals surface area contributed by atoms with Crippen LogP contribution in [0.2, 0.25) is 0 Å². The van der Waals surface area contributed by atoms with Gasteiger partial charge in [0.25, 0.3) is 0 Å². The number of ether oxygens (including phenoxy) is 2. The number of alkyl halides is 3. The van der Waals surface area contributed by atoms with Crippen molar-refractivity contribution in [3.05, 3.63) is 52.8 Å². The smallest absolute Gasteiger partial charge is 0.381 e. The van der Waals surface area contributed by atoms with Gasteiger partial charge in [-0.2, -0.15) is 18.3 Å². The first kappa shape index (κ1) is 27.3. The summed E-state index contributed by atoms with van der Waals surface area (Å²) in [5.74, 6) is -0.00934. The Bertz CT molecular complexity index is 1130. The molecule has 0 radical (unpaired) electrons. The van der Waals surface area contributed by atoms with E-state index < -0.39 is 18.6 Å². The molecule has 0 spiro atoms. The van der Waals surface area contributed by atoms with Crippen LogP contribution in [0.3, 0.4) is 0 Å². The molecule has 0 saturated carbocycles. The number of benzene rings is 1. The van der Waals surface area contributed by atoms with E-state index in [2.05, 4.69) is 15.4 Å². The van der Waals surface area contributed by atoms with E-state index in [4.69, 9.17) is 9.47 Å². The predicted octanol–water partition coefficient (Wildman–Crippen LogP) is 4.58. The second-order valence-electron chi connectivity index (χ2n) is 8.86. The van der Waals surface area contributed by atoms with Crippen LogP contribution < -0.4 is 5.32 Å². The van der Waals surface area contributed by atoms with Gasteiger partial charge in [-0.15, -0.1) is 0 Å². The maximum atomic E-state index is 13.5. The Morgan fingerprint density at radius 3 is 2.65 bits per heavy atom. The molecule has 1 N–H and O–H groups in total. The number of aromatic nitrogens is 2. The molecule has 3 heterocycles. The van der Waals surface area contributed by atoms with Crippen LogP contribution in [0.25, 0.3) is 11.3 Å². The van der Waals surface area contributed by atoms with Gasteiger partial charge in [0.15, 0.2) is 0 Å². The van der Waals surface area contributed by atoms with E-state index in [1.54, 1.807) is 18.3 Å². The Morgan fingerprint density at radius 1 is 1.22 bits per heavy atom. The molecule has 12 heteroatoms. The van der Waals surface area contributed by atoms with Gasteiger partial charge in [-0.25, -0.2) is 4.39 Å². The molecule has 1 amide bonds. The zero-order chi connectivity index (χ0) is 26.3. The van der Waals surface area contributed by atoms with Crippen LogP contribution in [-0.2, 0) is 20.8 Å². The van der Waals surface area contributed by atoms with Crippen molar-refractivity contribution in [2.45, 2.75) is 32.0 Å². The lowest BCUT2D eigenvalue weighted by Gasteiger charge is -2.22. The summed E-state index contributed by atoms with van der Waals surface area (Å²) in [6.45, 7) is 0.996. The van der Waals surface area contributed by atoms with Crippen LogP contribution in [0.15, 0.2) is 46.4 Å². The Morgan fingerprint density at radius 2 is 1.97 bits per heavy atom. The van der Waals surface area contributed by atoms with E-state index >= 15 is 0 Å². The van der Waals surface area contributed by atoms with Gasteiger partial charge < -0.3 is 14.8 Å². The molecule has 4 rings (SSSR count). The van der Waals surface area contributed by atoms with Gasteiger partial charge in [0.2, 0.25) is 5.91 Å². The lowest BCUT2D eigenvalue weighted by Crippen LogP contribution is -2.32. The Hall–Kier alpha value is -2.70. The minimum absolute atomic E-state index is 0.0457. The van der Waals surface area contributed by atoms with E-state index in [0.29, 0.717) is 40.9 Å². The highest BCUT2D eigenvalue weighted by atomic mass is 32.2. The Balaban J connectivity index is 1.40. The van der Waals surface area contributed by atoms with Crippen molar-refractivity contribution in [3.63, 3.8) is 0 Å². The summed E-state index contributed by atoms with van der Waals surface area (Å²) in [4.78, 5) is 17.0. The quantitative estimate of drug-likeness (QED) is 0.353. The molecular weight excluding hydrogens is 512 g/mol. The monoisotopic (exact) mass is 540 g/mol. The number of rotatable bonds is 10. The molecule has 7 nitrogen and oxygen atoms in total. The highest BCUT2D eigenvalue weighted by molar-refractivity contribution is 8.17. The highest BCUT2D eigenvalue weighted by Crippen LogP contribution is 2.31. The zero-order valence-electron chi connectivity index (χ0n) is 20.1. The number of halogens is 4. The zero-order valence-corrected chi connectivity index (χ0v) is 20.9. The summed E-state index contributed by atoms with van der Waals surface area (Å²) >= 11 is 1.35. The number of hydrogen-bond donors (Lipinski definition) is 1. The molecule has 0 atom stereocenters. The predicted molar refractivity (Wildman–Crippen MR) is 133 cm³/mol. The van der Waals surface area contributed by atoms with Gasteiger partial charge in [-0.05, 0) is 54.0 Å². The number of nitrogens with zero attached hydrogens (tertiary/aromatic N) is 3. The van der Waals surface area contributed by atoms with Gasteiger partial charge in [0.05, 0.1) is 43.6 Å². The molecule has 0 unspecified atom stereocenters. The van der Waals surface area contributed by atoms with Gasteiger partial charge in [0, 0.05) is 25.3 Å². The summed E-state index contributed by atoms with van der Waals surface area (Å²) in [5, 5.41) is 9.89. The summed E-state index contributed by atoms with van der Waals surface area (Å²) in [7, 11) is 0. The fourth-order valence-electron chi connectivity index (χ4n) is 4.07. The van der Waals surface area contributed by atoms with Crippen molar-refractivity contribution in [2.75, 3.05) is 39.5 Å². The Labute approximate surface area is 216 Å². The SMILES string of the molecule is O=C(CC1=CSC(c2cnn(CCOCC(F)(F)F)c2-c2ccc(F)cc2)=NC1)NCC1CCOCC1. The third-order valence-corrected chi connectivity index (χ3v) is 7.00. The number of carbonyl (C=O) groups excluding carboxylic acids is 1. The van der Waals surface area contributed by atoms with Gasteiger partial charge in [0.1, 0.15) is 17.5 Å². The Kier molecular flexibility index (Phi) is 9.38. The van der Waals surface area contributed by atoms with E-state index in [0.717, 1.165) is 31.6 Å². The molecule has 1 fully saturated rings. The lowest BCUT2D eigenvalue weighted by atomic mass is 10.0. The van der Waals surface area contributed by atoms with Crippen LogP contribution in [-0.4, -0.2) is 66.4 Å². The molecule has 2 aliphatic rings. The van der Waals surface area contributed by atoms with Crippen molar-refractivity contribution in [3.8, 4) is 11.3 Å². The molecular formula is C25H28F4N4O3S. The molecule has 1 saturated heterocycles. The summed E-state index contributed by atoms with van der Waals surface area (Å²) in [6.07, 6.45) is -0.661. The summed E-state index contributed by atoms with van der Waals surface area (Å²) in [5.41, 5.74) is 2.81. The fourth-order valence-corrected chi connectivity index (χ4v) is 4.92. The molecule has 0 bridgehead atoms. The largest absolute Gasteiger partial charge is 0.411 e. The minimum atomic E-state index is -4.41. The first-order chi connectivity index (χ1) is 17.8. The van der Waals surface area contributed by atoms with E-state index in [9.17, 15) is 22.4 Å². The molecule has 200 valence electrons. The van der Waals surface area contributed by atoms with Crippen molar-refractivity contribution in [2.24, 2.45) is 10.9 Å². The van der Waals surface area contributed by atoms with Gasteiger partial charge in [-0.1, -0.05) is 11.8 Å². The number of aliphatic imine (C=N–C) groups is 1. The van der Waals surface area contributed by atoms with Crippen LogP contribution in [0.5, 0.6) is 0 Å². The van der Waals surface area contributed by atoms with Gasteiger partial charge in [-0.3, -0.25) is 14.5 Å². The molecule has 37 heavy (non-hydrogen) atoms. The second kappa shape index (κ2) is 12.7. The van der Waals surface area contributed by atoms with Crippen molar-refractivity contribution in [1.82, 2.24) is 15.1 Å². The van der Waals surface area contributed by atoms with E-state index in [1.807, 2.05) is 5.41 Å². The number of hydrogen-bond acceptors (Lipinski definition) is 6. The minimum Gasteiger partial charge on any atom is -0.381 e. The van der Waals surface area contributed by atoms with Crippen molar-refractivity contribution in [1.29, 1.82) is 0 Å². The van der Waals surface area contributed by atoms with E-state index in [1.165, 1.54) is 28.6 Å². The molecule has 2 aromatic rings. The van der Waals surface area contributed by atoms with E-state index in [-0.39, 0.29) is 25.5 Å². The number of carbonyl (C=O) groups is 1. The molecule has 2 aliphatic heterocycles. The van der Waals surface area contributed by atoms with Crippen LogP contribution in [0, 0.1) is 11.7 Å². The van der Waals surface area contributed by atoms with Crippen LogP contribution in [0.4, 0.5) is 17.6 Å². The fraction of sp³-hybridized carbons (Fsp3) is 0.480. The standard InChI is InChI=1S/C25H28F4N4O3S/c26-20-3-1-19(2-4-20)23-21(14-32-33(23)7-10-36-16-25(27,28)29)24-31-13-18(15-37-24)11-22(34)30-12-17-5-8-35-9-6-17/h1-4,14-15,17H,5-13,16H2,(H,30,34). The molecule has 1 aromatic heterocycles. The molecule has 1 aromatic carbocycles. The highest BCUT2D eigenvalue weighted by Gasteiger charge is 2.27. The van der Waals surface area contributed by atoms with Crippen molar-refractivity contribution < 1.29 is 31.8 Å². The maximum Gasteiger partial charge on any atom is 0.411 e. The van der Waals surface area contributed by atoms with Crippen LogP contribution in [0.1, 0.15) is 24.8 Å². The average molecular weight is 541 g/mol. The number of nitrogens with one attached hydrogen (secondary N) is 1. The third-order valence-electron chi connectivity index (χ3n) is 5.98. The molecule has 0 aliphatic carbocycles. The van der Waals surface area contributed by atoms with Crippen LogP contribution >= 0.6 is 11.8 Å². The van der Waals surface area contributed by atoms with Gasteiger partial charge >= 0.3 is 6.18 Å². The summed E-state index contributed by atoms with van der Waals surface area (Å²) in [6, 6.07) is 5.79. The first-order valence-corrected chi connectivity index (χ1v) is 12.9. The summed E-state index contributed by atoms with van der Waals surface area (Å²) < 4.78 is 62.4. The topological polar surface area (TPSA) is 77.7 Å². The lowest BCUT2D eigenvalue weighted by molar-refractivity contribution is -0.174. The number of amides is 1. The third kappa shape index (κ3) is 8.14. The second-order valence-corrected chi connectivity index (χ2v) is 9.71. The van der Waals surface area contributed by atoms with Crippen molar-refractivity contribution >= 4 is 22.7 Å². The maximum absolute atomic E-state index is 13.5. The average Bonchev–Trinajstić information content (AvgIpc) is 3.30. The number of thioether (sulfide) groups is 1. The first-order valence-electron chi connectivity index (χ1n) is 12.0.